The van der Waals surface area contributed by atoms with Crippen molar-refractivity contribution in [3.8, 4) is 0 Å². The Hall–Kier alpha value is -1.99. The largest absolute Gasteiger partial charge is 0.473 e. The van der Waals surface area contributed by atoms with E-state index in [0.29, 0.717) is 0 Å². The van der Waals surface area contributed by atoms with Crippen LogP contribution in [0.4, 0.5) is 4.39 Å². The van der Waals surface area contributed by atoms with Gasteiger partial charge < -0.3 is 10.2 Å². The van der Waals surface area contributed by atoms with Crippen LogP contribution < -0.4 is 0 Å². The van der Waals surface area contributed by atoms with Crippen LogP contribution in [-0.4, -0.2) is 64.2 Å². The highest BCUT2D eigenvalue weighted by Crippen LogP contribution is 2.28. The van der Waals surface area contributed by atoms with Crippen LogP contribution in [0.25, 0.3) is 0 Å². The first-order chi connectivity index (χ1) is 12.8. The molecule has 1 aromatic rings. The third-order valence-electron chi connectivity index (χ3n) is 5.31. The van der Waals surface area contributed by atoms with E-state index < -0.39 is 11.9 Å². The summed E-state index contributed by atoms with van der Waals surface area (Å²) in [5, 5.41) is 14.8. The number of hydrogen-bond acceptors (Lipinski definition) is 4. The zero-order valence-corrected chi connectivity index (χ0v) is 15.8. The van der Waals surface area contributed by atoms with Gasteiger partial charge in [0.05, 0.1) is 0 Å². The van der Waals surface area contributed by atoms with Crippen molar-refractivity contribution >= 4 is 11.9 Å². The standard InChI is InChI=1S/C18H27FN2.C2H2O4/c1-15-4-2-7-18(12-15)21-10-8-20(9-11-21)14-16-5-3-6-17(19)13-16;3-1(4)2(5)6/h3,5-6,13,15,18H,2,4,7-12,14H2,1H3;(H,3,4)(H,5,6). The van der Waals surface area contributed by atoms with Gasteiger partial charge in [-0.2, -0.15) is 0 Å². The number of halogens is 1. The number of carboxylic acid groups (broad SMARTS) is 2. The summed E-state index contributed by atoms with van der Waals surface area (Å²) >= 11 is 0. The zero-order chi connectivity index (χ0) is 19.8. The minimum absolute atomic E-state index is 0.123. The van der Waals surface area contributed by atoms with Gasteiger partial charge >= 0.3 is 11.9 Å². The SMILES string of the molecule is CC1CCCC(N2CCN(Cc3cccc(F)c3)CC2)C1.O=C(O)C(=O)O. The van der Waals surface area contributed by atoms with Crippen LogP contribution in [0.15, 0.2) is 24.3 Å². The smallest absolute Gasteiger partial charge is 0.414 e. The molecule has 1 heterocycles. The van der Waals surface area contributed by atoms with Gasteiger partial charge in [-0.3, -0.25) is 9.80 Å². The summed E-state index contributed by atoms with van der Waals surface area (Å²) in [7, 11) is 0. The van der Waals surface area contributed by atoms with Crippen molar-refractivity contribution in [1.82, 2.24) is 9.80 Å². The molecule has 0 radical (unpaired) electrons. The molecule has 1 aliphatic heterocycles. The number of nitrogens with zero attached hydrogens (tertiary/aromatic N) is 2. The number of carbonyl (C=O) groups is 2. The number of piperazine rings is 1. The van der Waals surface area contributed by atoms with Gasteiger partial charge in [-0.15, -0.1) is 0 Å². The minimum Gasteiger partial charge on any atom is -0.473 e. The van der Waals surface area contributed by atoms with Crippen LogP contribution >= 0.6 is 0 Å². The van der Waals surface area contributed by atoms with Crippen LogP contribution in [0, 0.1) is 11.7 Å². The Bertz CT molecular complexity index is 620. The highest BCUT2D eigenvalue weighted by molar-refractivity contribution is 6.27. The van der Waals surface area contributed by atoms with Crippen molar-refractivity contribution < 1.29 is 24.2 Å². The van der Waals surface area contributed by atoms with E-state index >= 15 is 0 Å². The topological polar surface area (TPSA) is 81.1 Å². The molecule has 150 valence electrons. The van der Waals surface area contributed by atoms with Crippen LogP contribution in [0.2, 0.25) is 0 Å². The Morgan fingerprint density at radius 3 is 2.33 bits per heavy atom. The van der Waals surface area contributed by atoms with E-state index in [1.807, 2.05) is 12.1 Å². The van der Waals surface area contributed by atoms with Gasteiger partial charge in [-0.25, -0.2) is 14.0 Å². The number of rotatable bonds is 3. The highest BCUT2D eigenvalue weighted by atomic mass is 19.1. The Labute approximate surface area is 159 Å². The monoisotopic (exact) mass is 380 g/mol. The van der Waals surface area contributed by atoms with E-state index in [0.717, 1.165) is 37.2 Å². The molecule has 0 amide bonds. The lowest BCUT2D eigenvalue weighted by Gasteiger charge is -2.42. The number of benzene rings is 1. The molecule has 1 saturated carbocycles. The molecule has 27 heavy (non-hydrogen) atoms. The lowest BCUT2D eigenvalue weighted by Crippen LogP contribution is -2.50. The van der Waals surface area contributed by atoms with E-state index in [2.05, 4.69) is 16.7 Å². The third kappa shape index (κ3) is 7.27. The maximum Gasteiger partial charge on any atom is 0.414 e. The molecule has 1 saturated heterocycles. The van der Waals surface area contributed by atoms with Gasteiger partial charge in [0, 0.05) is 38.8 Å². The van der Waals surface area contributed by atoms with E-state index in [1.54, 1.807) is 6.07 Å². The Balaban J connectivity index is 0.000000380. The van der Waals surface area contributed by atoms with Gasteiger partial charge in [-0.1, -0.05) is 31.9 Å². The van der Waals surface area contributed by atoms with Crippen molar-refractivity contribution in [2.24, 2.45) is 5.92 Å². The van der Waals surface area contributed by atoms with E-state index in [-0.39, 0.29) is 5.82 Å². The summed E-state index contributed by atoms with van der Waals surface area (Å²) in [4.78, 5) is 23.3. The minimum atomic E-state index is -1.82. The zero-order valence-electron chi connectivity index (χ0n) is 15.8. The fourth-order valence-corrected chi connectivity index (χ4v) is 3.91. The molecule has 2 atom stereocenters. The average molecular weight is 380 g/mol. The number of aliphatic carboxylic acids is 2. The summed E-state index contributed by atoms with van der Waals surface area (Å²) in [5.74, 6) is -2.87. The van der Waals surface area contributed by atoms with Crippen LogP contribution in [0.3, 0.4) is 0 Å². The van der Waals surface area contributed by atoms with Crippen molar-refractivity contribution in [1.29, 1.82) is 0 Å². The second kappa shape index (κ2) is 10.4. The van der Waals surface area contributed by atoms with Crippen LogP contribution in [0.5, 0.6) is 0 Å². The molecule has 6 nitrogen and oxygen atoms in total. The molecule has 1 aliphatic carbocycles. The van der Waals surface area contributed by atoms with E-state index in [9.17, 15) is 4.39 Å². The van der Waals surface area contributed by atoms with Gasteiger partial charge in [0.15, 0.2) is 0 Å². The summed E-state index contributed by atoms with van der Waals surface area (Å²) < 4.78 is 13.2. The maximum absolute atomic E-state index is 13.2. The van der Waals surface area contributed by atoms with Gasteiger partial charge in [0.25, 0.3) is 0 Å². The Morgan fingerprint density at radius 2 is 1.78 bits per heavy atom. The molecule has 2 unspecified atom stereocenters. The third-order valence-corrected chi connectivity index (χ3v) is 5.31. The van der Waals surface area contributed by atoms with Crippen molar-refractivity contribution in [3.05, 3.63) is 35.6 Å². The van der Waals surface area contributed by atoms with Gasteiger partial charge in [-0.05, 0) is 36.5 Å². The predicted octanol–water partition coefficient (Wildman–Crippen LogP) is 2.68. The first-order valence-corrected chi connectivity index (χ1v) is 9.52. The normalized spacial score (nSPS) is 23.9. The lowest BCUT2D eigenvalue weighted by molar-refractivity contribution is -0.159. The predicted molar refractivity (Wildman–Crippen MR) is 99.9 cm³/mol. The molecular weight excluding hydrogens is 351 g/mol. The molecule has 3 rings (SSSR count). The van der Waals surface area contributed by atoms with Crippen molar-refractivity contribution in [2.75, 3.05) is 26.2 Å². The molecule has 2 N–H and O–H groups in total. The first kappa shape index (κ1) is 21.3. The summed E-state index contributed by atoms with van der Waals surface area (Å²) in [6.45, 7) is 7.85. The van der Waals surface area contributed by atoms with E-state index in [4.69, 9.17) is 19.8 Å². The van der Waals surface area contributed by atoms with Gasteiger partial charge in [0.1, 0.15) is 5.82 Å². The molecule has 7 heteroatoms. The van der Waals surface area contributed by atoms with Gasteiger partial charge in [0.2, 0.25) is 0 Å². The van der Waals surface area contributed by atoms with Crippen molar-refractivity contribution in [3.63, 3.8) is 0 Å². The summed E-state index contributed by atoms with van der Waals surface area (Å²) in [6.07, 6.45) is 5.57. The molecule has 0 bridgehead atoms. The lowest BCUT2D eigenvalue weighted by atomic mass is 9.86. The molecule has 0 aromatic heterocycles. The highest BCUT2D eigenvalue weighted by Gasteiger charge is 2.27. The second-order valence-corrected chi connectivity index (χ2v) is 7.48. The fourth-order valence-electron chi connectivity index (χ4n) is 3.91. The Morgan fingerprint density at radius 1 is 1.11 bits per heavy atom. The fraction of sp³-hybridized carbons (Fsp3) is 0.600. The van der Waals surface area contributed by atoms with Crippen LogP contribution in [0.1, 0.15) is 38.2 Å². The average Bonchev–Trinajstić information content (AvgIpc) is 2.63. The first-order valence-electron chi connectivity index (χ1n) is 9.52. The van der Waals surface area contributed by atoms with E-state index in [1.165, 1.54) is 44.8 Å². The number of carboxylic acids is 2. The molecule has 2 aliphatic rings. The molecule has 0 spiro atoms. The van der Waals surface area contributed by atoms with Crippen LogP contribution in [-0.2, 0) is 16.1 Å². The van der Waals surface area contributed by atoms with Crippen molar-refractivity contribution in [2.45, 2.75) is 45.2 Å². The quantitative estimate of drug-likeness (QED) is 0.785. The second-order valence-electron chi connectivity index (χ2n) is 7.48. The molecular formula is C20H29FN2O4. The molecule has 2 fully saturated rings. The Kier molecular flexibility index (Phi) is 8.19. The maximum atomic E-state index is 13.2. The summed E-state index contributed by atoms with van der Waals surface area (Å²) in [6, 6.07) is 7.83. The molecule has 1 aromatic carbocycles. The number of hydrogen-bond donors (Lipinski definition) is 2. The summed E-state index contributed by atoms with van der Waals surface area (Å²) in [5.41, 5.74) is 1.09.